The van der Waals surface area contributed by atoms with Crippen LogP contribution in [0.3, 0.4) is 0 Å². The summed E-state index contributed by atoms with van der Waals surface area (Å²) in [6.07, 6.45) is 0. The molecule has 0 unspecified atom stereocenters. The minimum Gasteiger partial charge on any atom is -0.412 e. The molecule has 1 radical (unpaired) electrons. The second kappa shape index (κ2) is 7.27. The Labute approximate surface area is 80.9 Å². The first-order valence-electron chi connectivity index (χ1n) is 1.57. The Balaban J connectivity index is -0.000000180. The first-order valence-corrected chi connectivity index (χ1v) is 3.72. The van der Waals surface area contributed by atoms with Gasteiger partial charge in [0.05, 0.1) is 5.75 Å². The van der Waals surface area contributed by atoms with Crippen molar-refractivity contribution < 1.29 is 18.4 Å². The molecule has 0 aromatic carbocycles. The molecule has 0 amide bonds. The van der Waals surface area contributed by atoms with E-state index in [9.17, 15) is 8.42 Å². The van der Waals surface area contributed by atoms with Gasteiger partial charge in [0, 0.05) is 35.4 Å². The molecule has 0 heterocycles. The van der Waals surface area contributed by atoms with E-state index in [4.69, 9.17) is 16.2 Å². The Morgan fingerprint density at radius 3 is 1.78 bits per heavy atom. The van der Waals surface area contributed by atoms with Gasteiger partial charge in [-0.1, -0.05) is 0 Å². The number of hydrogen-bond donors (Lipinski definition) is 1. The first kappa shape index (κ1) is 16.6. The fourth-order valence-electron chi connectivity index (χ4n) is 0.0975. The van der Waals surface area contributed by atoms with Crippen molar-refractivity contribution in [2.45, 2.75) is 0 Å². The third kappa shape index (κ3) is 17.6. The molecule has 0 fully saturated rings. The predicted octanol–water partition coefficient (Wildman–Crippen LogP) is -1.09. The van der Waals surface area contributed by atoms with Gasteiger partial charge in [-0.05, 0) is 0 Å². The van der Waals surface area contributed by atoms with Gasteiger partial charge in [-0.25, -0.2) is 0 Å². The van der Waals surface area contributed by atoms with E-state index in [-0.39, 0.29) is 46.7 Å². The van der Waals surface area contributed by atoms with Gasteiger partial charge in [0.1, 0.15) is 0 Å². The van der Waals surface area contributed by atoms with Gasteiger partial charge in [-0.3, -0.25) is 4.55 Å². The van der Waals surface area contributed by atoms with Crippen LogP contribution in [0.5, 0.6) is 0 Å². The van der Waals surface area contributed by atoms with Gasteiger partial charge in [-0.15, -0.1) is 11.6 Å². The Morgan fingerprint density at radius 1 is 1.44 bits per heavy atom. The molecule has 0 aromatic rings. The van der Waals surface area contributed by atoms with Gasteiger partial charge < -0.3 is 5.48 Å². The van der Waals surface area contributed by atoms with Crippen molar-refractivity contribution in [2.75, 3.05) is 11.6 Å². The fraction of sp³-hybridized carbons (Fsp3) is 1.00. The summed E-state index contributed by atoms with van der Waals surface area (Å²) in [6.45, 7) is 0. The van der Waals surface area contributed by atoms with Crippen molar-refractivity contribution in [3.63, 3.8) is 0 Å². The standard InChI is InChI=1S/C2H5ClO3S.Na.H2O/c3-1-2-7(4,5)6;;/h1-2H2,(H,4,5,6);;1H2. The summed E-state index contributed by atoms with van der Waals surface area (Å²) >= 11 is 4.95. The molecule has 9 heavy (non-hydrogen) atoms. The number of rotatable bonds is 2. The maximum absolute atomic E-state index is 9.70. The zero-order chi connectivity index (χ0) is 5.91. The molecule has 0 rings (SSSR count). The number of hydrogen-bond acceptors (Lipinski definition) is 2. The molecule has 0 saturated carbocycles. The molecular weight excluding hydrogens is 179 g/mol. The number of halogens is 1. The summed E-state index contributed by atoms with van der Waals surface area (Å²) in [5.74, 6) is -0.423. The summed E-state index contributed by atoms with van der Waals surface area (Å²) in [6, 6.07) is 0. The molecule has 0 bridgehead atoms. The SMILES string of the molecule is O.O=S(=O)(O)CCCl.[Na]. The van der Waals surface area contributed by atoms with E-state index in [0.717, 1.165) is 0 Å². The monoisotopic (exact) mass is 185 g/mol. The van der Waals surface area contributed by atoms with Crippen LogP contribution in [0.4, 0.5) is 0 Å². The molecule has 0 spiro atoms. The van der Waals surface area contributed by atoms with Crippen molar-refractivity contribution in [1.82, 2.24) is 0 Å². The maximum Gasteiger partial charge on any atom is 0.266 e. The molecule has 4 nitrogen and oxygen atoms in total. The first-order chi connectivity index (χ1) is 3.06. The Kier molecular flexibility index (Phi) is 13.4. The van der Waals surface area contributed by atoms with E-state index < -0.39 is 10.1 Å². The van der Waals surface area contributed by atoms with Crippen LogP contribution in [-0.4, -0.2) is 59.6 Å². The third-order valence-electron chi connectivity index (χ3n) is 0.335. The molecule has 0 saturated heterocycles. The van der Waals surface area contributed by atoms with Gasteiger partial charge in [0.15, 0.2) is 0 Å². The summed E-state index contributed by atoms with van der Waals surface area (Å²) in [5.41, 5.74) is 0. The molecule has 0 atom stereocenters. The van der Waals surface area contributed by atoms with E-state index in [1.807, 2.05) is 0 Å². The Bertz CT molecular complexity index is 132. The van der Waals surface area contributed by atoms with Gasteiger partial charge in [-0.2, -0.15) is 8.42 Å². The van der Waals surface area contributed by atoms with E-state index >= 15 is 0 Å². The molecular formula is C2H7ClNaO4S. The Morgan fingerprint density at radius 2 is 1.78 bits per heavy atom. The zero-order valence-corrected chi connectivity index (χ0v) is 8.54. The second-order valence-electron chi connectivity index (χ2n) is 0.975. The summed E-state index contributed by atoms with van der Waals surface area (Å²) in [4.78, 5) is 0. The molecule has 0 aliphatic carbocycles. The quantitative estimate of drug-likeness (QED) is 0.337. The average Bonchev–Trinajstić information content (AvgIpc) is 1.30. The van der Waals surface area contributed by atoms with Crippen LogP contribution in [0.1, 0.15) is 0 Å². The zero-order valence-electron chi connectivity index (χ0n) is 4.96. The third-order valence-corrected chi connectivity index (χ3v) is 1.47. The summed E-state index contributed by atoms with van der Waals surface area (Å²) in [5, 5.41) is 0. The number of alkyl halides is 1. The smallest absolute Gasteiger partial charge is 0.266 e. The van der Waals surface area contributed by atoms with Crippen LogP contribution < -0.4 is 0 Å². The molecule has 0 aliphatic rings. The molecule has 53 valence electrons. The summed E-state index contributed by atoms with van der Waals surface area (Å²) in [7, 11) is -3.81. The second-order valence-corrected chi connectivity index (χ2v) is 2.93. The van der Waals surface area contributed by atoms with Crippen LogP contribution in [0.15, 0.2) is 0 Å². The largest absolute Gasteiger partial charge is 0.412 e. The topological polar surface area (TPSA) is 85.9 Å². The molecule has 0 aliphatic heterocycles. The fourth-order valence-corrected chi connectivity index (χ4v) is 0.877. The van der Waals surface area contributed by atoms with E-state index in [0.29, 0.717) is 0 Å². The van der Waals surface area contributed by atoms with Crippen LogP contribution in [0.25, 0.3) is 0 Å². The Hall–Kier alpha value is 1.16. The maximum atomic E-state index is 9.70. The molecule has 7 heteroatoms. The van der Waals surface area contributed by atoms with Crippen molar-refractivity contribution in [2.24, 2.45) is 0 Å². The molecule has 3 N–H and O–H groups in total. The van der Waals surface area contributed by atoms with E-state index in [1.165, 1.54) is 0 Å². The van der Waals surface area contributed by atoms with Crippen molar-refractivity contribution >= 4 is 51.3 Å². The molecule has 0 aromatic heterocycles. The average molecular weight is 186 g/mol. The normalized spacial score (nSPS) is 9.11. The van der Waals surface area contributed by atoms with Crippen LogP contribution in [0.2, 0.25) is 0 Å². The summed E-state index contributed by atoms with van der Waals surface area (Å²) < 4.78 is 27.3. The van der Waals surface area contributed by atoms with Crippen molar-refractivity contribution in [3.05, 3.63) is 0 Å². The van der Waals surface area contributed by atoms with Crippen LogP contribution in [-0.2, 0) is 10.1 Å². The van der Waals surface area contributed by atoms with Crippen molar-refractivity contribution in [1.29, 1.82) is 0 Å². The van der Waals surface area contributed by atoms with Crippen LogP contribution >= 0.6 is 11.6 Å². The van der Waals surface area contributed by atoms with Crippen molar-refractivity contribution in [3.8, 4) is 0 Å². The minimum absolute atomic E-state index is 0. The predicted molar refractivity (Wildman–Crippen MR) is 36.5 cm³/mol. The van der Waals surface area contributed by atoms with E-state index in [2.05, 4.69) is 0 Å². The van der Waals surface area contributed by atoms with E-state index in [1.54, 1.807) is 0 Å². The van der Waals surface area contributed by atoms with Crippen LogP contribution in [0, 0.1) is 0 Å². The van der Waals surface area contributed by atoms with Gasteiger partial charge >= 0.3 is 0 Å². The van der Waals surface area contributed by atoms with Gasteiger partial charge in [0.2, 0.25) is 0 Å². The minimum atomic E-state index is -3.81. The van der Waals surface area contributed by atoms with Gasteiger partial charge in [0.25, 0.3) is 10.1 Å².